The van der Waals surface area contributed by atoms with E-state index in [1.54, 1.807) is 6.08 Å². The van der Waals surface area contributed by atoms with Crippen molar-refractivity contribution in [2.24, 2.45) is 11.7 Å². The molecule has 3 N–H and O–H groups in total. The number of piperidine rings is 1. The number of nitrogens with zero attached hydrogens (tertiary/aromatic N) is 1. The molecule has 1 aliphatic carbocycles. The van der Waals surface area contributed by atoms with E-state index in [0.717, 1.165) is 48.5 Å². The number of halogens is 1. The van der Waals surface area contributed by atoms with Crippen molar-refractivity contribution in [3.05, 3.63) is 70.2 Å². The predicted molar refractivity (Wildman–Crippen MR) is 102 cm³/mol. The summed E-state index contributed by atoms with van der Waals surface area (Å²) in [5.41, 5.74) is 11.6. The lowest BCUT2D eigenvalue weighted by atomic mass is 9.76. The molecule has 1 aromatic rings. The van der Waals surface area contributed by atoms with Crippen LogP contribution in [0.5, 0.6) is 0 Å². The number of rotatable bonds is 3. The topological polar surface area (TPSA) is 50.9 Å². The van der Waals surface area contributed by atoms with E-state index in [2.05, 4.69) is 24.9 Å². The summed E-state index contributed by atoms with van der Waals surface area (Å²) in [6, 6.07) is 4.06. The van der Waals surface area contributed by atoms with Crippen LogP contribution < -0.4 is 11.1 Å². The van der Waals surface area contributed by atoms with Gasteiger partial charge in [-0.05, 0) is 68.1 Å². The van der Waals surface area contributed by atoms with Crippen LogP contribution in [0.15, 0.2) is 58.9 Å². The number of pyridine rings is 1. The molecule has 0 amide bonds. The second-order valence-corrected chi connectivity index (χ2v) is 6.91. The van der Waals surface area contributed by atoms with E-state index in [1.807, 2.05) is 24.4 Å². The molecule has 1 aromatic heterocycles. The van der Waals surface area contributed by atoms with Crippen LogP contribution in [0.1, 0.15) is 36.9 Å². The zero-order valence-electron chi connectivity index (χ0n) is 14.1. The highest BCUT2D eigenvalue weighted by Gasteiger charge is 2.31. The van der Waals surface area contributed by atoms with Gasteiger partial charge in [-0.3, -0.25) is 4.98 Å². The molecule has 1 fully saturated rings. The van der Waals surface area contributed by atoms with Gasteiger partial charge < -0.3 is 11.1 Å². The number of nitrogens with one attached hydrogen (secondary N) is 1. The number of nitrogens with two attached hydrogens (primary N) is 1. The van der Waals surface area contributed by atoms with Crippen molar-refractivity contribution in [1.82, 2.24) is 10.3 Å². The van der Waals surface area contributed by atoms with Crippen LogP contribution in [0.25, 0.3) is 6.08 Å². The van der Waals surface area contributed by atoms with Crippen molar-refractivity contribution in [1.29, 1.82) is 0 Å². The molecule has 3 rings (SSSR count). The number of hydrogen-bond donors (Lipinski definition) is 2. The van der Waals surface area contributed by atoms with E-state index >= 15 is 0 Å². The molecule has 0 radical (unpaired) electrons. The van der Waals surface area contributed by atoms with E-state index in [0.29, 0.717) is 11.0 Å². The van der Waals surface area contributed by atoms with Gasteiger partial charge in [0.15, 0.2) is 0 Å². The summed E-state index contributed by atoms with van der Waals surface area (Å²) in [7, 11) is 0. The average Bonchev–Trinajstić information content (AvgIpc) is 2.71. The van der Waals surface area contributed by atoms with Crippen molar-refractivity contribution in [3.63, 3.8) is 0 Å². The molecular weight excluding hydrogens is 318 g/mol. The highest BCUT2D eigenvalue weighted by molar-refractivity contribution is 6.31. The Balaban J connectivity index is 2.17. The standard InChI is InChI=1S/C20H24ClN3/c1-3-16(21)12-17-13(2)19(14-6-9-23-10-7-14)20-15(11-18(17)22)5-4-8-24-20/h3-5,8,11-12,14,19,23H,1,6-7,9-10,22H2,2H3/b16-12+. The Kier molecular flexibility index (Phi) is 5.22. The fraction of sp³-hybridized carbons (Fsp3) is 0.350. The van der Waals surface area contributed by atoms with Crippen molar-refractivity contribution in [3.8, 4) is 0 Å². The van der Waals surface area contributed by atoms with Gasteiger partial charge >= 0.3 is 0 Å². The van der Waals surface area contributed by atoms with E-state index < -0.39 is 0 Å². The maximum atomic E-state index is 6.40. The summed E-state index contributed by atoms with van der Waals surface area (Å²) in [5, 5.41) is 4.05. The first-order valence-electron chi connectivity index (χ1n) is 8.45. The van der Waals surface area contributed by atoms with Gasteiger partial charge in [-0.2, -0.15) is 0 Å². The highest BCUT2D eigenvalue weighted by atomic mass is 35.5. The van der Waals surface area contributed by atoms with Crippen LogP contribution in [-0.2, 0) is 0 Å². The Labute approximate surface area is 149 Å². The van der Waals surface area contributed by atoms with Crippen LogP contribution in [-0.4, -0.2) is 18.1 Å². The maximum absolute atomic E-state index is 6.40. The smallest absolute Gasteiger partial charge is 0.0550 e. The molecule has 2 heterocycles. The lowest BCUT2D eigenvalue weighted by Gasteiger charge is -2.32. The third kappa shape index (κ3) is 3.33. The summed E-state index contributed by atoms with van der Waals surface area (Å²) in [5.74, 6) is 0.825. The molecule has 3 nitrogen and oxygen atoms in total. The molecular formula is C20H24ClN3. The Bertz CT molecular complexity index is 724. The van der Waals surface area contributed by atoms with E-state index in [9.17, 15) is 0 Å². The maximum Gasteiger partial charge on any atom is 0.0550 e. The quantitative estimate of drug-likeness (QED) is 0.814. The highest BCUT2D eigenvalue weighted by Crippen LogP contribution is 2.42. The Morgan fingerprint density at radius 2 is 2.17 bits per heavy atom. The molecule has 1 atom stereocenters. The zero-order valence-corrected chi connectivity index (χ0v) is 14.8. The van der Waals surface area contributed by atoms with Crippen molar-refractivity contribution >= 4 is 17.7 Å². The van der Waals surface area contributed by atoms with Gasteiger partial charge in [-0.1, -0.05) is 35.9 Å². The molecule has 0 bridgehead atoms. The van der Waals surface area contributed by atoms with Gasteiger partial charge in [0.2, 0.25) is 0 Å². The molecule has 2 aliphatic rings. The normalized spacial score (nSPS) is 22.7. The Morgan fingerprint density at radius 1 is 1.42 bits per heavy atom. The van der Waals surface area contributed by atoms with Crippen LogP contribution in [0.2, 0.25) is 0 Å². The van der Waals surface area contributed by atoms with Gasteiger partial charge in [-0.15, -0.1) is 0 Å². The SMILES string of the molecule is C=C/C(Cl)=C\C1=C(C)C(C2CCNCC2)c2ncccc2C=C1N. The first-order valence-corrected chi connectivity index (χ1v) is 8.83. The molecule has 4 heteroatoms. The third-order valence-electron chi connectivity index (χ3n) is 5.01. The largest absolute Gasteiger partial charge is 0.398 e. The lowest BCUT2D eigenvalue weighted by Crippen LogP contribution is -2.32. The van der Waals surface area contributed by atoms with Gasteiger partial charge in [0.05, 0.1) is 5.69 Å². The summed E-state index contributed by atoms with van der Waals surface area (Å²) in [6.07, 6.45) is 9.75. The summed E-state index contributed by atoms with van der Waals surface area (Å²) in [6.45, 7) is 8.01. The second kappa shape index (κ2) is 7.37. The molecule has 126 valence electrons. The lowest BCUT2D eigenvalue weighted by molar-refractivity contribution is 0.335. The van der Waals surface area contributed by atoms with E-state index in [-0.39, 0.29) is 5.92 Å². The second-order valence-electron chi connectivity index (χ2n) is 6.47. The van der Waals surface area contributed by atoms with Crippen molar-refractivity contribution in [2.75, 3.05) is 13.1 Å². The third-order valence-corrected chi connectivity index (χ3v) is 5.28. The molecule has 1 saturated heterocycles. The summed E-state index contributed by atoms with van der Waals surface area (Å²) < 4.78 is 0. The van der Waals surface area contributed by atoms with Crippen LogP contribution in [0.3, 0.4) is 0 Å². The van der Waals surface area contributed by atoms with Crippen LogP contribution >= 0.6 is 11.6 Å². The van der Waals surface area contributed by atoms with Gasteiger partial charge in [0.25, 0.3) is 0 Å². The minimum Gasteiger partial charge on any atom is -0.398 e. The molecule has 1 aliphatic heterocycles. The molecule has 0 aromatic carbocycles. The van der Waals surface area contributed by atoms with E-state index in [1.165, 1.54) is 5.57 Å². The summed E-state index contributed by atoms with van der Waals surface area (Å²) in [4.78, 5) is 4.73. The zero-order chi connectivity index (χ0) is 17.1. The van der Waals surface area contributed by atoms with Gasteiger partial charge in [-0.25, -0.2) is 0 Å². The van der Waals surface area contributed by atoms with Crippen LogP contribution in [0.4, 0.5) is 0 Å². The van der Waals surface area contributed by atoms with E-state index in [4.69, 9.17) is 22.3 Å². The Morgan fingerprint density at radius 3 is 2.88 bits per heavy atom. The number of fused-ring (bicyclic) bond motifs is 1. The summed E-state index contributed by atoms with van der Waals surface area (Å²) >= 11 is 6.23. The van der Waals surface area contributed by atoms with Crippen molar-refractivity contribution in [2.45, 2.75) is 25.7 Å². The first kappa shape index (κ1) is 17.0. The minimum atomic E-state index is 0.265. The fourth-order valence-corrected chi connectivity index (χ4v) is 3.91. The predicted octanol–water partition coefficient (Wildman–Crippen LogP) is 4.10. The molecule has 24 heavy (non-hydrogen) atoms. The van der Waals surface area contributed by atoms with Gasteiger partial charge in [0, 0.05) is 22.8 Å². The Hall–Kier alpha value is -1.84. The first-order chi connectivity index (χ1) is 11.6. The molecule has 0 saturated carbocycles. The minimum absolute atomic E-state index is 0.265. The molecule has 1 unspecified atom stereocenters. The van der Waals surface area contributed by atoms with Crippen LogP contribution in [0, 0.1) is 5.92 Å². The fourth-order valence-electron chi connectivity index (χ4n) is 3.81. The van der Waals surface area contributed by atoms with Crippen molar-refractivity contribution < 1.29 is 0 Å². The number of aromatic nitrogens is 1. The average molecular weight is 342 g/mol. The van der Waals surface area contributed by atoms with Gasteiger partial charge in [0.1, 0.15) is 0 Å². The number of hydrogen-bond acceptors (Lipinski definition) is 3. The molecule has 0 spiro atoms. The monoisotopic (exact) mass is 341 g/mol. The number of allylic oxidation sites excluding steroid dienone is 4.